The Kier molecular flexibility index (Phi) is 4.86. The van der Waals surface area contributed by atoms with E-state index in [-0.39, 0.29) is 0 Å². The fraction of sp³-hybridized carbons (Fsp3) is 0.800. The van der Waals surface area contributed by atoms with E-state index in [0.717, 1.165) is 4.90 Å². The minimum atomic E-state index is -1.70. The number of hydrogen-bond donors (Lipinski definition) is 3. The Morgan fingerprint density at radius 2 is 1.71 bits per heavy atom. The predicted octanol–water partition coefficient (Wildman–Crippen LogP) is -2.77. The summed E-state index contributed by atoms with van der Waals surface area (Å²) in [7, 11) is 2.90. The van der Waals surface area contributed by atoms with Crippen molar-refractivity contribution in [2.45, 2.75) is 12.2 Å². The molecule has 3 N–H and O–H groups in total. The molecule has 0 spiro atoms. The molecule has 2 unspecified atom stereocenters. The lowest BCUT2D eigenvalue weighted by Crippen LogP contribution is -2.54. The third kappa shape index (κ3) is 3.39. The molecule has 1 saturated heterocycles. The Bertz CT molecular complexity index is 289. The molecular formula is C10H19N3O4. The molecule has 0 aromatic rings. The van der Waals surface area contributed by atoms with Crippen LogP contribution in [-0.4, -0.2) is 84.3 Å². The van der Waals surface area contributed by atoms with E-state index in [1.165, 1.54) is 19.0 Å². The summed E-state index contributed by atoms with van der Waals surface area (Å²) in [5.74, 6) is -1.28. The summed E-state index contributed by atoms with van der Waals surface area (Å²) in [6.07, 6.45) is -3.39. The maximum atomic E-state index is 11.8. The summed E-state index contributed by atoms with van der Waals surface area (Å²) < 4.78 is 0. The fourth-order valence-corrected chi connectivity index (χ4v) is 1.61. The van der Waals surface area contributed by atoms with Crippen LogP contribution in [0.2, 0.25) is 0 Å². The van der Waals surface area contributed by atoms with Gasteiger partial charge in [-0.25, -0.2) is 0 Å². The van der Waals surface area contributed by atoms with Gasteiger partial charge in [-0.05, 0) is 0 Å². The molecule has 0 aromatic heterocycles. The number of rotatable bonds is 3. The van der Waals surface area contributed by atoms with E-state index in [1.54, 1.807) is 0 Å². The van der Waals surface area contributed by atoms with Crippen LogP contribution in [0.4, 0.5) is 0 Å². The van der Waals surface area contributed by atoms with Gasteiger partial charge in [0, 0.05) is 40.3 Å². The average molecular weight is 245 g/mol. The molecule has 2 atom stereocenters. The number of aliphatic hydroxyl groups is 2. The van der Waals surface area contributed by atoms with E-state index in [9.17, 15) is 19.8 Å². The average Bonchev–Trinajstić information content (AvgIpc) is 2.36. The van der Waals surface area contributed by atoms with Gasteiger partial charge in [0.1, 0.15) is 0 Å². The van der Waals surface area contributed by atoms with Gasteiger partial charge >= 0.3 is 0 Å². The van der Waals surface area contributed by atoms with Crippen molar-refractivity contribution in [3.05, 3.63) is 0 Å². The first-order valence-electron chi connectivity index (χ1n) is 5.52. The lowest BCUT2D eigenvalue weighted by atomic mass is 10.1. The van der Waals surface area contributed by atoms with E-state index in [0.29, 0.717) is 26.2 Å². The Hall–Kier alpha value is -1.18. The minimum Gasteiger partial charge on any atom is -0.380 e. The first-order valence-corrected chi connectivity index (χ1v) is 5.52. The highest BCUT2D eigenvalue weighted by Gasteiger charge is 2.34. The molecule has 7 heteroatoms. The Labute approximate surface area is 100.0 Å². The Balaban J connectivity index is 2.58. The van der Waals surface area contributed by atoms with Gasteiger partial charge in [-0.2, -0.15) is 0 Å². The molecule has 17 heavy (non-hydrogen) atoms. The number of nitrogens with one attached hydrogen (secondary N) is 1. The van der Waals surface area contributed by atoms with E-state index >= 15 is 0 Å². The molecule has 0 aromatic carbocycles. The minimum absolute atomic E-state index is 0.471. The van der Waals surface area contributed by atoms with Crippen molar-refractivity contribution in [2.75, 3.05) is 40.3 Å². The highest BCUT2D eigenvalue weighted by atomic mass is 16.3. The second-order valence-corrected chi connectivity index (χ2v) is 4.20. The second kappa shape index (κ2) is 5.95. The van der Waals surface area contributed by atoms with Gasteiger partial charge in [-0.15, -0.1) is 0 Å². The Morgan fingerprint density at radius 1 is 1.18 bits per heavy atom. The van der Waals surface area contributed by atoms with Gasteiger partial charge in [0.15, 0.2) is 12.2 Å². The van der Waals surface area contributed by atoms with Crippen molar-refractivity contribution < 1.29 is 19.8 Å². The maximum absolute atomic E-state index is 11.8. The van der Waals surface area contributed by atoms with Crippen LogP contribution >= 0.6 is 0 Å². The van der Waals surface area contributed by atoms with Crippen molar-refractivity contribution in [2.24, 2.45) is 0 Å². The standard InChI is InChI=1S/C10H19N3O4/c1-12(2)9(16)7(14)8(15)10(17)13-5-3-11-4-6-13/h7-8,11,14-15H,3-6H2,1-2H3. The van der Waals surface area contributed by atoms with Crippen molar-refractivity contribution in [3.63, 3.8) is 0 Å². The first kappa shape index (κ1) is 13.9. The summed E-state index contributed by atoms with van der Waals surface area (Å²) in [4.78, 5) is 25.8. The molecule has 7 nitrogen and oxygen atoms in total. The van der Waals surface area contributed by atoms with Crippen LogP contribution in [0.5, 0.6) is 0 Å². The van der Waals surface area contributed by atoms with Gasteiger partial charge in [-0.3, -0.25) is 9.59 Å². The van der Waals surface area contributed by atoms with Crippen LogP contribution in [0.3, 0.4) is 0 Å². The van der Waals surface area contributed by atoms with E-state index < -0.39 is 24.0 Å². The number of piperazine rings is 1. The largest absolute Gasteiger partial charge is 0.380 e. The van der Waals surface area contributed by atoms with Crippen LogP contribution in [0.15, 0.2) is 0 Å². The third-order valence-corrected chi connectivity index (χ3v) is 2.67. The van der Waals surface area contributed by atoms with Gasteiger partial charge in [0.05, 0.1) is 0 Å². The second-order valence-electron chi connectivity index (χ2n) is 4.20. The molecule has 1 rings (SSSR count). The first-order chi connectivity index (χ1) is 7.95. The zero-order valence-corrected chi connectivity index (χ0v) is 10.1. The number of carbonyl (C=O) groups is 2. The van der Waals surface area contributed by atoms with Crippen molar-refractivity contribution in [1.29, 1.82) is 0 Å². The van der Waals surface area contributed by atoms with E-state index in [1.807, 2.05) is 0 Å². The SMILES string of the molecule is CN(C)C(=O)C(O)C(O)C(=O)N1CCNCC1. The summed E-state index contributed by atoms with van der Waals surface area (Å²) in [6.45, 7) is 2.24. The number of aliphatic hydroxyl groups excluding tert-OH is 2. The molecule has 0 saturated carbocycles. The summed E-state index contributed by atoms with van der Waals surface area (Å²) >= 11 is 0. The smallest absolute Gasteiger partial charge is 0.254 e. The van der Waals surface area contributed by atoms with Crippen LogP contribution in [-0.2, 0) is 9.59 Å². The molecule has 1 aliphatic rings. The molecular weight excluding hydrogens is 226 g/mol. The van der Waals surface area contributed by atoms with Crippen LogP contribution in [0, 0.1) is 0 Å². The van der Waals surface area contributed by atoms with Crippen molar-refractivity contribution in [3.8, 4) is 0 Å². The molecule has 0 radical (unpaired) electrons. The quantitative estimate of drug-likeness (QED) is 0.500. The fourth-order valence-electron chi connectivity index (χ4n) is 1.61. The zero-order valence-electron chi connectivity index (χ0n) is 10.1. The Morgan fingerprint density at radius 3 is 2.18 bits per heavy atom. The molecule has 98 valence electrons. The highest BCUT2D eigenvalue weighted by molar-refractivity contribution is 5.90. The van der Waals surface area contributed by atoms with Gasteiger partial charge in [0.2, 0.25) is 0 Å². The number of nitrogens with zero attached hydrogens (tertiary/aromatic N) is 2. The van der Waals surface area contributed by atoms with Gasteiger partial charge < -0.3 is 25.3 Å². The van der Waals surface area contributed by atoms with Crippen LogP contribution in [0.1, 0.15) is 0 Å². The van der Waals surface area contributed by atoms with E-state index in [4.69, 9.17) is 0 Å². The maximum Gasteiger partial charge on any atom is 0.254 e. The number of likely N-dealkylation sites (N-methyl/N-ethyl adjacent to an activating group) is 1. The summed E-state index contributed by atoms with van der Waals surface area (Å²) in [6, 6.07) is 0. The summed E-state index contributed by atoms with van der Waals surface area (Å²) in [5.41, 5.74) is 0. The zero-order chi connectivity index (χ0) is 13.0. The lowest BCUT2D eigenvalue weighted by Gasteiger charge is -2.30. The number of amides is 2. The molecule has 2 amide bonds. The summed E-state index contributed by atoms with van der Waals surface area (Å²) in [5, 5.41) is 22.3. The number of carbonyl (C=O) groups excluding carboxylic acids is 2. The predicted molar refractivity (Wildman–Crippen MR) is 60.2 cm³/mol. The molecule has 0 aliphatic carbocycles. The monoisotopic (exact) mass is 245 g/mol. The highest BCUT2D eigenvalue weighted by Crippen LogP contribution is 2.04. The topological polar surface area (TPSA) is 93.1 Å². The lowest BCUT2D eigenvalue weighted by molar-refractivity contribution is -0.157. The van der Waals surface area contributed by atoms with Gasteiger partial charge in [0.25, 0.3) is 11.8 Å². The molecule has 1 heterocycles. The van der Waals surface area contributed by atoms with Crippen LogP contribution < -0.4 is 5.32 Å². The van der Waals surface area contributed by atoms with E-state index in [2.05, 4.69) is 5.32 Å². The van der Waals surface area contributed by atoms with Crippen molar-refractivity contribution >= 4 is 11.8 Å². The molecule has 1 aliphatic heterocycles. The normalized spacial score (nSPS) is 19.6. The molecule has 0 bridgehead atoms. The number of hydrogen-bond acceptors (Lipinski definition) is 5. The van der Waals surface area contributed by atoms with Crippen LogP contribution in [0.25, 0.3) is 0 Å². The third-order valence-electron chi connectivity index (χ3n) is 2.67. The van der Waals surface area contributed by atoms with Gasteiger partial charge in [-0.1, -0.05) is 0 Å². The molecule has 1 fully saturated rings. The van der Waals surface area contributed by atoms with Crippen molar-refractivity contribution in [1.82, 2.24) is 15.1 Å².